The topological polar surface area (TPSA) is 62.6 Å². The Morgan fingerprint density at radius 1 is 1.41 bits per heavy atom. The molecule has 0 aliphatic carbocycles. The minimum atomic E-state index is -0.619. The molecule has 1 aliphatic rings. The first-order chi connectivity index (χ1) is 10.6. The van der Waals surface area contributed by atoms with Gasteiger partial charge >= 0.3 is 0 Å². The van der Waals surface area contributed by atoms with Gasteiger partial charge in [0.2, 0.25) is 5.91 Å². The van der Waals surface area contributed by atoms with Gasteiger partial charge in [-0.3, -0.25) is 9.59 Å². The van der Waals surface area contributed by atoms with E-state index in [1.807, 2.05) is 0 Å². The molecule has 0 radical (unpaired) electrons. The lowest BCUT2D eigenvalue weighted by Crippen LogP contribution is -2.41. The van der Waals surface area contributed by atoms with Crippen LogP contribution in [0.15, 0.2) is 41.2 Å². The van der Waals surface area contributed by atoms with E-state index >= 15 is 0 Å². The van der Waals surface area contributed by atoms with E-state index in [-0.39, 0.29) is 16.8 Å². The maximum atomic E-state index is 13.2. The average Bonchev–Trinajstić information content (AvgIpc) is 3.13. The third-order valence-corrected chi connectivity index (χ3v) is 3.80. The summed E-state index contributed by atoms with van der Waals surface area (Å²) in [5, 5.41) is 2.61. The molecule has 114 valence electrons. The molecule has 1 aromatic heterocycles. The van der Waals surface area contributed by atoms with Crippen molar-refractivity contribution in [2.75, 3.05) is 11.4 Å². The molecule has 7 heteroatoms. The fourth-order valence-corrected chi connectivity index (χ4v) is 2.53. The molecule has 5 nitrogen and oxygen atoms in total. The molecule has 2 amide bonds. The van der Waals surface area contributed by atoms with Crippen LogP contribution >= 0.6 is 11.6 Å². The standard InChI is InChI=1S/C15H12ClFN2O3/c16-11-7-10(1-2-12(11)17)19-5-3-13(15(19)21)18-14(20)9-4-6-22-8-9/h1-2,4,6-8,13H,3,5H2,(H,18,20). The van der Waals surface area contributed by atoms with Gasteiger partial charge in [-0.15, -0.1) is 0 Å². The van der Waals surface area contributed by atoms with Gasteiger partial charge < -0.3 is 14.6 Å². The molecule has 0 bridgehead atoms. The van der Waals surface area contributed by atoms with Gasteiger partial charge in [-0.2, -0.15) is 0 Å². The van der Waals surface area contributed by atoms with E-state index in [1.165, 1.54) is 41.7 Å². The zero-order valence-electron chi connectivity index (χ0n) is 11.4. The highest BCUT2D eigenvalue weighted by Crippen LogP contribution is 2.26. The van der Waals surface area contributed by atoms with Crippen molar-refractivity contribution in [3.05, 3.63) is 53.2 Å². The molecule has 1 saturated heterocycles. The van der Waals surface area contributed by atoms with Gasteiger partial charge in [0.1, 0.15) is 18.1 Å². The summed E-state index contributed by atoms with van der Waals surface area (Å²) >= 11 is 5.74. The van der Waals surface area contributed by atoms with Crippen molar-refractivity contribution in [2.45, 2.75) is 12.5 Å². The SMILES string of the molecule is O=C(NC1CCN(c2ccc(F)c(Cl)c2)C1=O)c1ccoc1. The Labute approximate surface area is 130 Å². The molecule has 1 unspecified atom stereocenters. The van der Waals surface area contributed by atoms with E-state index in [0.29, 0.717) is 24.2 Å². The fourth-order valence-electron chi connectivity index (χ4n) is 2.36. The highest BCUT2D eigenvalue weighted by molar-refractivity contribution is 6.31. The van der Waals surface area contributed by atoms with Gasteiger partial charge in [-0.05, 0) is 30.7 Å². The maximum Gasteiger partial charge on any atom is 0.255 e. The smallest absolute Gasteiger partial charge is 0.255 e. The molecule has 22 heavy (non-hydrogen) atoms. The van der Waals surface area contributed by atoms with Gasteiger partial charge in [0.25, 0.3) is 5.91 Å². The molecule has 0 saturated carbocycles. The zero-order chi connectivity index (χ0) is 15.7. The summed E-state index contributed by atoms with van der Waals surface area (Å²) in [7, 11) is 0. The number of amides is 2. The van der Waals surface area contributed by atoms with Crippen molar-refractivity contribution < 1.29 is 18.4 Å². The molecule has 1 fully saturated rings. The molecule has 1 aromatic carbocycles. The molecular formula is C15H12ClFN2O3. The van der Waals surface area contributed by atoms with E-state index in [1.54, 1.807) is 0 Å². The highest BCUT2D eigenvalue weighted by atomic mass is 35.5. The lowest BCUT2D eigenvalue weighted by atomic mass is 10.2. The fraction of sp³-hybridized carbons (Fsp3) is 0.200. The van der Waals surface area contributed by atoms with Crippen molar-refractivity contribution >= 4 is 29.1 Å². The Kier molecular flexibility index (Phi) is 3.85. The number of nitrogens with zero attached hydrogens (tertiary/aromatic N) is 1. The molecule has 1 atom stereocenters. The van der Waals surface area contributed by atoms with Gasteiger partial charge in [0.15, 0.2) is 0 Å². The second kappa shape index (κ2) is 5.81. The maximum absolute atomic E-state index is 13.2. The molecule has 3 rings (SSSR count). The first-order valence-electron chi connectivity index (χ1n) is 6.66. The molecule has 2 heterocycles. The summed E-state index contributed by atoms with van der Waals surface area (Å²) in [5.74, 6) is -1.16. The number of rotatable bonds is 3. The molecule has 1 aliphatic heterocycles. The minimum Gasteiger partial charge on any atom is -0.472 e. The first-order valence-corrected chi connectivity index (χ1v) is 7.03. The Morgan fingerprint density at radius 3 is 2.91 bits per heavy atom. The average molecular weight is 323 g/mol. The summed E-state index contributed by atoms with van der Waals surface area (Å²) in [6, 6.07) is 4.99. The van der Waals surface area contributed by atoms with Crippen molar-refractivity contribution in [3.8, 4) is 0 Å². The molecule has 2 aromatic rings. The summed E-state index contributed by atoms with van der Waals surface area (Å²) < 4.78 is 18.0. The number of furan rings is 1. The zero-order valence-corrected chi connectivity index (χ0v) is 12.1. The first kappa shape index (κ1) is 14.6. The van der Waals surface area contributed by atoms with E-state index in [4.69, 9.17) is 16.0 Å². The highest BCUT2D eigenvalue weighted by Gasteiger charge is 2.34. The number of carbonyl (C=O) groups excluding carboxylic acids is 2. The van der Waals surface area contributed by atoms with Gasteiger partial charge in [0.05, 0.1) is 16.8 Å². The number of halogens is 2. The van der Waals surface area contributed by atoms with E-state index in [9.17, 15) is 14.0 Å². The molecule has 0 spiro atoms. The third-order valence-electron chi connectivity index (χ3n) is 3.51. The predicted molar refractivity (Wildman–Crippen MR) is 78.3 cm³/mol. The summed E-state index contributed by atoms with van der Waals surface area (Å²) in [5.41, 5.74) is 0.868. The van der Waals surface area contributed by atoms with Crippen LogP contribution in [0.5, 0.6) is 0 Å². The van der Waals surface area contributed by atoms with Crippen LogP contribution in [0.1, 0.15) is 16.8 Å². The van der Waals surface area contributed by atoms with Crippen LogP contribution < -0.4 is 10.2 Å². The molecule has 1 N–H and O–H groups in total. The van der Waals surface area contributed by atoms with Gasteiger partial charge in [0, 0.05) is 12.2 Å². The van der Waals surface area contributed by atoms with Crippen molar-refractivity contribution in [1.29, 1.82) is 0 Å². The number of anilines is 1. The van der Waals surface area contributed by atoms with Crippen LogP contribution in [0.3, 0.4) is 0 Å². The van der Waals surface area contributed by atoms with E-state index in [2.05, 4.69) is 5.32 Å². The van der Waals surface area contributed by atoms with E-state index in [0.717, 1.165) is 0 Å². The van der Waals surface area contributed by atoms with Crippen LogP contribution in [-0.2, 0) is 4.79 Å². The Balaban J connectivity index is 1.72. The second-order valence-corrected chi connectivity index (χ2v) is 5.32. The van der Waals surface area contributed by atoms with Crippen molar-refractivity contribution in [1.82, 2.24) is 5.32 Å². The Bertz CT molecular complexity index is 718. The Hall–Kier alpha value is -2.34. The Morgan fingerprint density at radius 2 is 2.23 bits per heavy atom. The van der Waals surface area contributed by atoms with Crippen LogP contribution in [-0.4, -0.2) is 24.4 Å². The van der Waals surface area contributed by atoms with Crippen molar-refractivity contribution in [3.63, 3.8) is 0 Å². The number of carbonyl (C=O) groups is 2. The predicted octanol–water partition coefficient (Wildman–Crippen LogP) is 2.61. The number of benzene rings is 1. The minimum absolute atomic E-state index is 0.0452. The van der Waals surface area contributed by atoms with Crippen LogP contribution in [0.2, 0.25) is 5.02 Å². The number of hydrogen-bond acceptors (Lipinski definition) is 3. The number of hydrogen-bond donors (Lipinski definition) is 1. The van der Waals surface area contributed by atoms with E-state index < -0.39 is 11.9 Å². The summed E-state index contributed by atoms with van der Waals surface area (Å²) in [6.07, 6.45) is 3.17. The summed E-state index contributed by atoms with van der Waals surface area (Å²) in [4.78, 5) is 25.8. The monoisotopic (exact) mass is 322 g/mol. The molecular weight excluding hydrogens is 311 g/mol. The van der Waals surface area contributed by atoms with Crippen LogP contribution in [0.4, 0.5) is 10.1 Å². The lowest BCUT2D eigenvalue weighted by Gasteiger charge is -2.17. The quantitative estimate of drug-likeness (QED) is 0.944. The van der Waals surface area contributed by atoms with Gasteiger partial charge in [-0.1, -0.05) is 11.6 Å². The largest absolute Gasteiger partial charge is 0.472 e. The lowest BCUT2D eigenvalue weighted by molar-refractivity contribution is -0.118. The number of nitrogens with one attached hydrogen (secondary N) is 1. The van der Waals surface area contributed by atoms with Crippen LogP contribution in [0, 0.1) is 5.82 Å². The van der Waals surface area contributed by atoms with Gasteiger partial charge in [-0.25, -0.2) is 4.39 Å². The van der Waals surface area contributed by atoms with Crippen molar-refractivity contribution in [2.24, 2.45) is 0 Å². The summed E-state index contributed by atoms with van der Waals surface area (Å²) in [6.45, 7) is 0.428. The second-order valence-electron chi connectivity index (χ2n) is 4.92. The normalized spacial score (nSPS) is 17.8. The third kappa shape index (κ3) is 2.69. The van der Waals surface area contributed by atoms with Crippen LogP contribution in [0.25, 0.3) is 0 Å².